The van der Waals surface area contributed by atoms with Crippen molar-refractivity contribution < 1.29 is 16.8 Å². The number of rotatable bonds is 9. The topological polar surface area (TPSA) is 83.6 Å². The molecule has 0 saturated heterocycles. The van der Waals surface area contributed by atoms with E-state index in [1.54, 1.807) is 6.92 Å². The van der Waals surface area contributed by atoms with Crippen LogP contribution in [0, 0.1) is 0 Å². The number of nitrogens with one attached hydrogen (secondary N) is 1. The van der Waals surface area contributed by atoms with Gasteiger partial charge in [0.15, 0.2) is 0 Å². The quantitative estimate of drug-likeness (QED) is 0.667. The van der Waals surface area contributed by atoms with Gasteiger partial charge in [-0.2, -0.15) is 4.31 Å². The van der Waals surface area contributed by atoms with E-state index in [0.717, 1.165) is 6.26 Å². The molecule has 0 aliphatic carbocycles. The third kappa shape index (κ3) is 6.67. The fraction of sp³-hybridized carbons (Fsp3) is 1.00. The van der Waals surface area contributed by atoms with Crippen molar-refractivity contribution in [3.05, 3.63) is 0 Å². The van der Waals surface area contributed by atoms with Crippen molar-refractivity contribution in [2.75, 3.05) is 25.1 Å². The predicted octanol–water partition coefficient (Wildman–Crippen LogP) is 0.376. The van der Waals surface area contributed by atoms with E-state index >= 15 is 0 Å². The average molecular weight is 300 g/mol. The molecule has 6 nitrogen and oxygen atoms in total. The second kappa shape index (κ2) is 7.42. The highest BCUT2D eigenvalue weighted by molar-refractivity contribution is 7.89. The van der Waals surface area contributed by atoms with Crippen LogP contribution in [0.4, 0.5) is 0 Å². The summed E-state index contributed by atoms with van der Waals surface area (Å²) in [7, 11) is -6.58. The normalized spacial score (nSPS) is 14.9. The minimum absolute atomic E-state index is 0.0647. The summed E-state index contributed by atoms with van der Waals surface area (Å²) in [4.78, 5) is 0. The second-order valence-electron chi connectivity index (χ2n) is 4.34. The van der Waals surface area contributed by atoms with Crippen LogP contribution in [-0.2, 0) is 20.0 Å². The predicted molar refractivity (Wildman–Crippen MR) is 73.4 cm³/mol. The Morgan fingerprint density at radius 1 is 1.17 bits per heavy atom. The molecule has 110 valence electrons. The van der Waals surface area contributed by atoms with Gasteiger partial charge in [-0.15, -0.1) is 0 Å². The number of hydrogen-bond donors (Lipinski definition) is 1. The van der Waals surface area contributed by atoms with Crippen LogP contribution in [0.2, 0.25) is 0 Å². The lowest BCUT2D eigenvalue weighted by Crippen LogP contribution is -2.43. The molecule has 1 N–H and O–H groups in total. The lowest BCUT2D eigenvalue weighted by Gasteiger charge is -2.25. The third-order valence-electron chi connectivity index (χ3n) is 2.64. The van der Waals surface area contributed by atoms with Crippen LogP contribution in [0.25, 0.3) is 0 Å². The molecule has 1 atom stereocenters. The first-order valence-corrected chi connectivity index (χ1v) is 9.58. The van der Waals surface area contributed by atoms with E-state index in [1.165, 1.54) is 4.31 Å². The molecule has 0 aliphatic rings. The first-order valence-electron chi connectivity index (χ1n) is 6.08. The Kier molecular flexibility index (Phi) is 7.34. The lowest BCUT2D eigenvalue weighted by atomic mass is 10.2. The molecule has 0 heterocycles. The Balaban J connectivity index is 4.48. The molecule has 0 aromatic carbocycles. The third-order valence-corrected chi connectivity index (χ3v) is 5.62. The Bertz CT molecular complexity index is 431. The van der Waals surface area contributed by atoms with Crippen LogP contribution in [0.1, 0.15) is 33.6 Å². The summed E-state index contributed by atoms with van der Waals surface area (Å²) in [6, 6.07) is -0.129. The van der Waals surface area contributed by atoms with Crippen LogP contribution < -0.4 is 4.72 Å². The van der Waals surface area contributed by atoms with E-state index in [0.29, 0.717) is 12.8 Å². The molecule has 0 spiro atoms. The summed E-state index contributed by atoms with van der Waals surface area (Å²) < 4.78 is 49.7. The van der Waals surface area contributed by atoms with E-state index in [1.807, 2.05) is 13.8 Å². The Morgan fingerprint density at radius 2 is 1.72 bits per heavy atom. The highest BCUT2D eigenvalue weighted by Crippen LogP contribution is 2.07. The minimum atomic E-state index is -3.31. The van der Waals surface area contributed by atoms with Gasteiger partial charge in [0.1, 0.15) is 0 Å². The number of sulfonamides is 2. The van der Waals surface area contributed by atoms with Crippen molar-refractivity contribution in [2.24, 2.45) is 0 Å². The van der Waals surface area contributed by atoms with Crippen LogP contribution in [0.3, 0.4) is 0 Å². The fourth-order valence-electron chi connectivity index (χ4n) is 1.57. The first-order chi connectivity index (χ1) is 8.14. The molecule has 0 amide bonds. The highest BCUT2D eigenvalue weighted by Gasteiger charge is 2.22. The van der Waals surface area contributed by atoms with E-state index < -0.39 is 20.0 Å². The zero-order valence-corrected chi connectivity index (χ0v) is 13.1. The maximum atomic E-state index is 11.6. The van der Waals surface area contributed by atoms with Gasteiger partial charge >= 0.3 is 0 Å². The molecule has 8 heteroatoms. The highest BCUT2D eigenvalue weighted by atomic mass is 32.2. The zero-order valence-electron chi connectivity index (χ0n) is 11.5. The van der Waals surface area contributed by atoms with Crippen molar-refractivity contribution in [1.29, 1.82) is 0 Å². The Labute approximate surface area is 111 Å². The smallest absolute Gasteiger partial charge is 0.211 e. The summed E-state index contributed by atoms with van der Waals surface area (Å²) in [5.74, 6) is 0.0647. The standard InChI is InChI=1S/C10H24N2O4S2/c1-5-9-18(15,16)11-7-8-12(10(3)6-2)17(4,13)14/h10-11H,5-9H2,1-4H3. The van der Waals surface area contributed by atoms with Crippen molar-refractivity contribution in [1.82, 2.24) is 9.03 Å². The maximum absolute atomic E-state index is 11.6. The van der Waals surface area contributed by atoms with E-state index in [9.17, 15) is 16.8 Å². The molecule has 1 unspecified atom stereocenters. The number of nitrogens with zero attached hydrogens (tertiary/aromatic N) is 1. The molecule has 0 saturated carbocycles. The van der Waals surface area contributed by atoms with Gasteiger partial charge in [-0.1, -0.05) is 13.8 Å². The van der Waals surface area contributed by atoms with Crippen LogP contribution in [0.5, 0.6) is 0 Å². The molecular formula is C10H24N2O4S2. The first kappa shape index (κ1) is 17.8. The van der Waals surface area contributed by atoms with Gasteiger partial charge in [-0.05, 0) is 19.8 Å². The van der Waals surface area contributed by atoms with Crippen LogP contribution in [-0.4, -0.2) is 52.3 Å². The van der Waals surface area contributed by atoms with Gasteiger partial charge in [0.05, 0.1) is 12.0 Å². The summed E-state index contributed by atoms with van der Waals surface area (Å²) >= 11 is 0. The summed E-state index contributed by atoms with van der Waals surface area (Å²) in [5, 5.41) is 0. The van der Waals surface area contributed by atoms with Crippen LogP contribution >= 0.6 is 0 Å². The average Bonchev–Trinajstić information content (AvgIpc) is 2.21. The van der Waals surface area contributed by atoms with E-state index in [-0.39, 0.29) is 24.9 Å². The maximum Gasteiger partial charge on any atom is 0.211 e. The number of hydrogen-bond acceptors (Lipinski definition) is 4. The molecule has 0 radical (unpaired) electrons. The van der Waals surface area contributed by atoms with E-state index in [4.69, 9.17) is 0 Å². The van der Waals surface area contributed by atoms with E-state index in [2.05, 4.69) is 4.72 Å². The second-order valence-corrected chi connectivity index (χ2v) is 8.21. The molecule has 0 bridgehead atoms. The lowest BCUT2D eigenvalue weighted by molar-refractivity contribution is 0.335. The SMILES string of the molecule is CCCS(=O)(=O)NCCN(C(C)CC)S(C)(=O)=O. The zero-order chi connectivity index (χ0) is 14.4. The molecule has 18 heavy (non-hydrogen) atoms. The fourth-order valence-corrected chi connectivity index (χ4v) is 3.88. The van der Waals surface area contributed by atoms with Gasteiger partial charge in [-0.3, -0.25) is 0 Å². The minimum Gasteiger partial charge on any atom is -0.214 e. The van der Waals surface area contributed by atoms with Gasteiger partial charge < -0.3 is 0 Å². The molecule has 0 aromatic heterocycles. The Hall–Kier alpha value is -0.180. The molecule has 0 aromatic rings. The van der Waals surface area contributed by atoms with Gasteiger partial charge in [0, 0.05) is 19.1 Å². The Morgan fingerprint density at radius 3 is 2.11 bits per heavy atom. The van der Waals surface area contributed by atoms with Gasteiger partial charge in [0.2, 0.25) is 20.0 Å². The molecule has 0 rings (SSSR count). The molecule has 0 fully saturated rings. The molecule has 0 aliphatic heterocycles. The summed E-state index contributed by atoms with van der Waals surface area (Å²) in [6.45, 7) is 5.75. The van der Waals surface area contributed by atoms with Crippen molar-refractivity contribution in [3.8, 4) is 0 Å². The van der Waals surface area contributed by atoms with Crippen molar-refractivity contribution in [3.63, 3.8) is 0 Å². The van der Waals surface area contributed by atoms with Crippen molar-refractivity contribution >= 4 is 20.0 Å². The summed E-state index contributed by atoms with van der Waals surface area (Å²) in [5.41, 5.74) is 0. The van der Waals surface area contributed by atoms with Crippen molar-refractivity contribution in [2.45, 2.75) is 39.7 Å². The van der Waals surface area contributed by atoms with Gasteiger partial charge in [0.25, 0.3) is 0 Å². The van der Waals surface area contributed by atoms with Crippen LogP contribution in [0.15, 0.2) is 0 Å². The largest absolute Gasteiger partial charge is 0.214 e. The summed E-state index contributed by atoms with van der Waals surface area (Å²) in [6.07, 6.45) is 2.37. The van der Waals surface area contributed by atoms with Gasteiger partial charge in [-0.25, -0.2) is 21.6 Å². The monoisotopic (exact) mass is 300 g/mol. The molecular weight excluding hydrogens is 276 g/mol.